The van der Waals surface area contributed by atoms with Crippen molar-refractivity contribution in [3.8, 4) is 5.75 Å². The Labute approximate surface area is 75.4 Å². The summed E-state index contributed by atoms with van der Waals surface area (Å²) in [5, 5.41) is 8.99. The average molecular weight is 196 g/mol. The molecule has 0 saturated carbocycles. The Morgan fingerprint density at radius 1 is 0.714 bits per heavy atom. The molecule has 0 saturated heterocycles. The van der Waals surface area contributed by atoms with E-state index >= 15 is 0 Å². The minimum absolute atomic E-state index is 0.584. The highest BCUT2D eigenvalue weighted by Gasteiger charge is 2.13. The summed E-state index contributed by atoms with van der Waals surface area (Å²) in [6, 6.07) is 0. The van der Waals surface area contributed by atoms with Gasteiger partial charge in [-0.1, -0.05) is 0 Å². The number of rotatable bonds is 0. The molecule has 0 aliphatic rings. The van der Waals surface area contributed by atoms with E-state index in [0.29, 0.717) is 0 Å². The van der Waals surface area contributed by atoms with Crippen LogP contribution in [0.4, 0.5) is 0 Å². The maximum absolute atomic E-state index is 11.0. The van der Waals surface area contributed by atoms with Crippen LogP contribution in [0.25, 0.3) is 0 Å². The SMILES string of the molecule is Cc1c(O)c(=O)c(=O)c(=O)c(=O)c1=O. The Balaban J connectivity index is 4.43. The van der Waals surface area contributed by atoms with Gasteiger partial charge < -0.3 is 5.11 Å². The normalized spacial score (nSPS) is 10.1. The van der Waals surface area contributed by atoms with Crippen LogP contribution in [0, 0.1) is 6.92 Å². The monoisotopic (exact) mass is 196 g/mol. The second-order valence-corrected chi connectivity index (χ2v) is 2.62. The molecule has 0 aromatic heterocycles. The minimum atomic E-state index is -1.71. The smallest absolute Gasteiger partial charge is 0.281 e. The first-order valence-electron chi connectivity index (χ1n) is 3.49. The summed E-state index contributed by atoms with van der Waals surface area (Å²) in [6.45, 7) is 0.985. The molecule has 0 radical (unpaired) electrons. The Morgan fingerprint density at radius 2 is 1.07 bits per heavy atom. The van der Waals surface area contributed by atoms with Gasteiger partial charge in [0.2, 0.25) is 5.43 Å². The van der Waals surface area contributed by atoms with Gasteiger partial charge in [0, 0.05) is 5.56 Å². The largest absolute Gasteiger partial charge is 0.504 e. The first kappa shape index (κ1) is 9.97. The topological polar surface area (TPSA) is 106 Å². The summed E-state index contributed by atoms with van der Waals surface area (Å²) in [5.41, 5.74) is -8.41. The molecule has 0 fully saturated rings. The van der Waals surface area contributed by atoms with Crippen molar-refractivity contribution in [1.82, 2.24) is 0 Å². The first-order chi connectivity index (χ1) is 6.37. The Kier molecular flexibility index (Phi) is 2.13. The van der Waals surface area contributed by atoms with Crippen LogP contribution in [0.5, 0.6) is 5.75 Å². The van der Waals surface area contributed by atoms with Crippen LogP contribution in [0.15, 0.2) is 24.0 Å². The molecule has 1 aromatic carbocycles. The van der Waals surface area contributed by atoms with E-state index < -0.39 is 38.5 Å². The number of aromatic hydroxyl groups is 1. The Hall–Kier alpha value is -2.11. The highest BCUT2D eigenvalue weighted by Crippen LogP contribution is 1.97. The van der Waals surface area contributed by atoms with Crippen molar-refractivity contribution in [1.29, 1.82) is 0 Å². The zero-order valence-electron chi connectivity index (χ0n) is 6.99. The van der Waals surface area contributed by atoms with Crippen LogP contribution in [-0.2, 0) is 0 Å². The molecular formula is C8H4O6. The summed E-state index contributed by atoms with van der Waals surface area (Å²) in [4.78, 5) is 54.2. The van der Waals surface area contributed by atoms with Crippen LogP contribution in [0.2, 0.25) is 0 Å². The van der Waals surface area contributed by atoms with E-state index in [-0.39, 0.29) is 0 Å². The molecule has 0 unspecified atom stereocenters. The average Bonchev–Trinajstić information content (AvgIpc) is 2.23. The third-order valence-corrected chi connectivity index (χ3v) is 1.74. The predicted molar refractivity (Wildman–Crippen MR) is 46.6 cm³/mol. The van der Waals surface area contributed by atoms with Crippen LogP contribution in [0.1, 0.15) is 5.56 Å². The van der Waals surface area contributed by atoms with Crippen molar-refractivity contribution < 1.29 is 5.11 Å². The molecule has 1 rings (SSSR count). The van der Waals surface area contributed by atoms with Gasteiger partial charge in [-0.3, -0.25) is 24.0 Å². The third-order valence-electron chi connectivity index (χ3n) is 1.74. The second-order valence-electron chi connectivity index (χ2n) is 2.62. The summed E-state index contributed by atoms with van der Waals surface area (Å²) in [7, 11) is 0. The number of hydrogen-bond donors (Lipinski definition) is 1. The second kappa shape index (κ2) is 2.99. The lowest BCUT2D eigenvalue weighted by atomic mass is 10.3. The van der Waals surface area contributed by atoms with Crippen molar-refractivity contribution in [2.24, 2.45) is 0 Å². The fourth-order valence-electron chi connectivity index (χ4n) is 0.865. The molecule has 6 heteroatoms. The number of hydrogen-bond acceptors (Lipinski definition) is 6. The van der Waals surface area contributed by atoms with E-state index in [0.717, 1.165) is 6.92 Å². The molecule has 1 N–H and O–H groups in total. The molecule has 0 aliphatic carbocycles. The molecule has 0 bridgehead atoms. The van der Waals surface area contributed by atoms with Gasteiger partial charge in [0.1, 0.15) is 0 Å². The summed E-state index contributed by atoms with van der Waals surface area (Å²) < 4.78 is 0. The summed E-state index contributed by atoms with van der Waals surface area (Å²) in [6.07, 6.45) is 0. The van der Waals surface area contributed by atoms with Gasteiger partial charge in [-0.05, 0) is 6.92 Å². The molecule has 0 heterocycles. The van der Waals surface area contributed by atoms with Gasteiger partial charge in [-0.15, -0.1) is 0 Å². The third kappa shape index (κ3) is 1.17. The summed E-state index contributed by atoms with van der Waals surface area (Å²) in [5.74, 6) is -1.14. The molecule has 0 aliphatic heterocycles. The van der Waals surface area contributed by atoms with Gasteiger partial charge in [0.15, 0.2) is 5.75 Å². The van der Waals surface area contributed by atoms with Gasteiger partial charge in [-0.2, -0.15) is 0 Å². The summed E-state index contributed by atoms with van der Waals surface area (Å²) >= 11 is 0. The molecule has 0 spiro atoms. The van der Waals surface area contributed by atoms with Crippen LogP contribution in [-0.4, -0.2) is 5.11 Å². The molecule has 0 atom stereocenters. The molecule has 0 amide bonds. The van der Waals surface area contributed by atoms with Crippen molar-refractivity contribution in [2.45, 2.75) is 6.92 Å². The van der Waals surface area contributed by atoms with Crippen molar-refractivity contribution >= 4 is 0 Å². The maximum Gasteiger partial charge on any atom is 0.281 e. The minimum Gasteiger partial charge on any atom is -0.504 e. The highest BCUT2D eigenvalue weighted by atomic mass is 16.3. The maximum atomic E-state index is 11.0. The first-order valence-corrected chi connectivity index (χ1v) is 3.49. The zero-order chi connectivity index (χ0) is 11.0. The molecule has 6 nitrogen and oxygen atoms in total. The van der Waals surface area contributed by atoms with Crippen molar-refractivity contribution in [2.75, 3.05) is 0 Å². The van der Waals surface area contributed by atoms with E-state index in [1.54, 1.807) is 0 Å². The highest BCUT2D eigenvalue weighted by molar-refractivity contribution is 5.29. The van der Waals surface area contributed by atoms with Gasteiger partial charge in [-0.25, -0.2) is 0 Å². The van der Waals surface area contributed by atoms with Crippen LogP contribution >= 0.6 is 0 Å². The quantitative estimate of drug-likeness (QED) is 0.455. The van der Waals surface area contributed by atoms with E-state index in [1.165, 1.54) is 0 Å². The van der Waals surface area contributed by atoms with Crippen molar-refractivity contribution in [3.05, 3.63) is 56.7 Å². The lowest BCUT2D eigenvalue weighted by Gasteiger charge is -1.84. The fraction of sp³-hybridized carbons (Fsp3) is 0.125. The van der Waals surface area contributed by atoms with Crippen LogP contribution in [0.3, 0.4) is 0 Å². The lowest BCUT2D eigenvalue weighted by Crippen LogP contribution is -2.46. The van der Waals surface area contributed by atoms with E-state index in [9.17, 15) is 24.0 Å². The standard InChI is InChI=1S/C8H4O6/c1-2-3(9)5(11)7(13)8(14)6(12)4(2)10/h9H,1H3. The predicted octanol–water partition coefficient (Wildman–Crippen LogP) is -2.62. The van der Waals surface area contributed by atoms with Crippen LogP contribution < -0.4 is 27.1 Å². The Bertz CT molecular complexity index is 592. The molecule has 1 aromatic rings. The van der Waals surface area contributed by atoms with E-state index in [1.807, 2.05) is 0 Å². The van der Waals surface area contributed by atoms with E-state index in [4.69, 9.17) is 5.11 Å². The zero-order valence-corrected chi connectivity index (χ0v) is 6.99. The lowest BCUT2D eigenvalue weighted by molar-refractivity contribution is 0.465. The van der Waals surface area contributed by atoms with Gasteiger partial charge >= 0.3 is 0 Å². The van der Waals surface area contributed by atoms with Gasteiger partial charge in [0.05, 0.1) is 0 Å². The molecule has 72 valence electrons. The van der Waals surface area contributed by atoms with E-state index in [2.05, 4.69) is 0 Å². The fourth-order valence-corrected chi connectivity index (χ4v) is 0.865. The molecule has 14 heavy (non-hydrogen) atoms. The van der Waals surface area contributed by atoms with Crippen molar-refractivity contribution in [3.63, 3.8) is 0 Å². The van der Waals surface area contributed by atoms with Gasteiger partial charge in [0.25, 0.3) is 21.7 Å². The Morgan fingerprint density at radius 3 is 1.57 bits per heavy atom. The molecular weight excluding hydrogens is 192 g/mol.